The van der Waals surface area contributed by atoms with Crippen LogP contribution in [0.5, 0.6) is 11.5 Å². The van der Waals surface area contributed by atoms with Gasteiger partial charge in [0.05, 0.1) is 6.04 Å². The predicted molar refractivity (Wildman–Crippen MR) is 74.7 cm³/mol. The van der Waals surface area contributed by atoms with Crippen molar-refractivity contribution in [3.63, 3.8) is 0 Å². The van der Waals surface area contributed by atoms with E-state index in [0.717, 1.165) is 0 Å². The molecule has 0 aliphatic carbocycles. The molecule has 0 saturated heterocycles. The summed E-state index contributed by atoms with van der Waals surface area (Å²) in [5, 5.41) is 0.338. The highest BCUT2D eigenvalue weighted by Crippen LogP contribution is 2.34. The van der Waals surface area contributed by atoms with E-state index in [-0.39, 0.29) is 6.61 Å². The van der Waals surface area contributed by atoms with Crippen LogP contribution in [-0.4, -0.2) is 12.7 Å². The zero-order valence-electron chi connectivity index (χ0n) is 10.6. The van der Waals surface area contributed by atoms with Gasteiger partial charge in [0, 0.05) is 10.6 Å². The van der Waals surface area contributed by atoms with Crippen molar-refractivity contribution in [2.24, 2.45) is 5.73 Å². The van der Waals surface area contributed by atoms with Crippen LogP contribution >= 0.6 is 11.6 Å². The van der Waals surface area contributed by atoms with E-state index in [1.165, 1.54) is 6.07 Å². The highest BCUT2D eigenvalue weighted by atomic mass is 35.5. The van der Waals surface area contributed by atoms with Gasteiger partial charge < -0.3 is 15.2 Å². The topological polar surface area (TPSA) is 44.5 Å². The minimum Gasteiger partial charge on any atom is -0.486 e. The van der Waals surface area contributed by atoms with Crippen LogP contribution in [0.2, 0.25) is 5.02 Å². The van der Waals surface area contributed by atoms with Crippen LogP contribution in [0.15, 0.2) is 42.5 Å². The molecule has 2 aromatic carbocycles. The zero-order valence-corrected chi connectivity index (χ0v) is 11.3. The SMILES string of the molecule is NC(c1ccc(Cl)cc1F)C1COc2ccccc2O1. The Morgan fingerprint density at radius 1 is 1.20 bits per heavy atom. The standard InChI is InChI=1S/C15H13ClFNO2/c16-9-5-6-10(11(17)7-9)15(18)14-8-19-12-3-1-2-4-13(12)20-14/h1-7,14-15H,8,18H2. The molecule has 1 aliphatic heterocycles. The third-order valence-electron chi connectivity index (χ3n) is 3.25. The molecule has 20 heavy (non-hydrogen) atoms. The Balaban J connectivity index is 1.84. The van der Waals surface area contributed by atoms with E-state index in [9.17, 15) is 4.39 Å². The highest BCUT2D eigenvalue weighted by molar-refractivity contribution is 6.30. The molecular weight excluding hydrogens is 281 g/mol. The van der Waals surface area contributed by atoms with Gasteiger partial charge in [-0.3, -0.25) is 0 Å². The molecule has 104 valence electrons. The lowest BCUT2D eigenvalue weighted by Gasteiger charge is -2.30. The van der Waals surface area contributed by atoms with Gasteiger partial charge in [-0.05, 0) is 24.3 Å². The smallest absolute Gasteiger partial charge is 0.161 e. The molecular formula is C15H13ClFNO2. The van der Waals surface area contributed by atoms with Gasteiger partial charge in [-0.25, -0.2) is 4.39 Å². The summed E-state index contributed by atoms with van der Waals surface area (Å²) < 4.78 is 25.3. The minimum atomic E-state index is -0.624. The second-order valence-corrected chi connectivity index (χ2v) is 5.04. The summed E-state index contributed by atoms with van der Waals surface area (Å²) in [6, 6.07) is 11.1. The molecule has 1 heterocycles. The van der Waals surface area contributed by atoms with Gasteiger partial charge in [-0.1, -0.05) is 29.8 Å². The third-order valence-corrected chi connectivity index (χ3v) is 3.49. The molecule has 0 aromatic heterocycles. The number of ether oxygens (including phenoxy) is 2. The number of benzene rings is 2. The second-order valence-electron chi connectivity index (χ2n) is 4.61. The summed E-state index contributed by atoms with van der Waals surface area (Å²) in [6.45, 7) is 0.278. The molecule has 2 aromatic rings. The maximum atomic E-state index is 13.9. The number of hydrogen-bond acceptors (Lipinski definition) is 3. The van der Waals surface area contributed by atoms with Crippen LogP contribution in [0, 0.1) is 5.82 Å². The van der Waals surface area contributed by atoms with Gasteiger partial charge in [0.2, 0.25) is 0 Å². The Morgan fingerprint density at radius 3 is 2.70 bits per heavy atom. The van der Waals surface area contributed by atoms with Crippen molar-refractivity contribution in [2.45, 2.75) is 12.1 Å². The first-order valence-corrected chi connectivity index (χ1v) is 6.62. The van der Waals surface area contributed by atoms with Gasteiger partial charge >= 0.3 is 0 Å². The molecule has 2 atom stereocenters. The molecule has 2 N–H and O–H groups in total. The van der Waals surface area contributed by atoms with Gasteiger partial charge in [0.15, 0.2) is 17.6 Å². The lowest BCUT2D eigenvalue weighted by atomic mass is 10.0. The lowest BCUT2D eigenvalue weighted by Crippen LogP contribution is -2.39. The van der Waals surface area contributed by atoms with E-state index in [4.69, 9.17) is 26.8 Å². The quantitative estimate of drug-likeness (QED) is 0.924. The summed E-state index contributed by atoms with van der Waals surface area (Å²) in [6.07, 6.45) is -0.444. The molecule has 1 aliphatic rings. The van der Waals surface area contributed by atoms with Crippen molar-refractivity contribution in [1.82, 2.24) is 0 Å². The second kappa shape index (κ2) is 5.31. The number of nitrogens with two attached hydrogens (primary N) is 1. The zero-order chi connectivity index (χ0) is 14.1. The maximum absolute atomic E-state index is 13.9. The molecule has 0 bridgehead atoms. The molecule has 0 amide bonds. The Bertz CT molecular complexity index is 635. The van der Waals surface area contributed by atoms with Crippen molar-refractivity contribution in [3.05, 3.63) is 58.9 Å². The molecule has 0 radical (unpaired) electrons. The Labute approximate surface area is 121 Å². The van der Waals surface area contributed by atoms with E-state index in [0.29, 0.717) is 22.1 Å². The minimum absolute atomic E-state index is 0.278. The van der Waals surface area contributed by atoms with Gasteiger partial charge in [0.1, 0.15) is 12.4 Å². The monoisotopic (exact) mass is 293 g/mol. The molecule has 0 saturated carbocycles. The number of hydrogen-bond donors (Lipinski definition) is 1. The van der Waals surface area contributed by atoms with Gasteiger partial charge in [0.25, 0.3) is 0 Å². The summed E-state index contributed by atoms with van der Waals surface area (Å²) >= 11 is 5.74. The first-order chi connectivity index (χ1) is 9.65. The van der Waals surface area contributed by atoms with Crippen molar-refractivity contribution >= 4 is 11.6 Å². The van der Waals surface area contributed by atoms with Crippen molar-refractivity contribution in [2.75, 3.05) is 6.61 Å². The Kier molecular flexibility index (Phi) is 3.51. The van der Waals surface area contributed by atoms with Crippen molar-refractivity contribution < 1.29 is 13.9 Å². The van der Waals surface area contributed by atoms with Crippen molar-refractivity contribution in [3.8, 4) is 11.5 Å². The molecule has 0 spiro atoms. The predicted octanol–water partition coefficient (Wildman–Crippen LogP) is 3.32. The maximum Gasteiger partial charge on any atom is 0.161 e. The van der Waals surface area contributed by atoms with Crippen LogP contribution < -0.4 is 15.2 Å². The normalized spacial score (nSPS) is 18.6. The summed E-state index contributed by atoms with van der Waals surface area (Å²) in [4.78, 5) is 0. The molecule has 3 nitrogen and oxygen atoms in total. The number of fused-ring (bicyclic) bond motifs is 1. The Morgan fingerprint density at radius 2 is 1.95 bits per heavy atom. The first kappa shape index (κ1) is 13.2. The van der Waals surface area contributed by atoms with E-state index < -0.39 is 18.0 Å². The average molecular weight is 294 g/mol. The largest absolute Gasteiger partial charge is 0.486 e. The average Bonchev–Trinajstić information content (AvgIpc) is 2.46. The number of rotatable bonds is 2. The number of halogens is 2. The van der Waals surface area contributed by atoms with Crippen LogP contribution in [0.25, 0.3) is 0 Å². The molecule has 3 rings (SSSR count). The fourth-order valence-corrected chi connectivity index (χ4v) is 2.34. The van der Waals surface area contributed by atoms with Gasteiger partial charge in [-0.15, -0.1) is 0 Å². The summed E-state index contributed by atoms with van der Waals surface area (Å²) in [5.41, 5.74) is 6.45. The fraction of sp³-hybridized carbons (Fsp3) is 0.200. The van der Waals surface area contributed by atoms with Gasteiger partial charge in [-0.2, -0.15) is 0 Å². The van der Waals surface area contributed by atoms with E-state index in [1.54, 1.807) is 18.2 Å². The molecule has 5 heteroatoms. The molecule has 0 fully saturated rings. The molecule has 2 unspecified atom stereocenters. The number of para-hydroxylation sites is 2. The Hall–Kier alpha value is -1.78. The van der Waals surface area contributed by atoms with E-state index in [1.807, 2.05) is 18.2 Å². The van der Waals surface area contributed by atoms with E-state index >= 15 is 0 Å². The van der Waals surface area contributed by atoms with E-state index in [2.05, 4.69) is 0 Å². The highest BCUT2D eigenvalue weighted by Gasteiger charge is 2.29. The lowest BCUT2D eigenvalue weighted by molar-refractivity contribution is 0.0712. The first-order valence-electron chi connectivity index (χ1n) is 6.24. The fourth-order valence-electron chi connectivity index (χ4n) is 2.18. The van der Waals surface area contributed by atoms with Crippen LogP contribution in [0.1, 0.15) is 11.6 Å². The third kappa shape index (κ3) is 2.44. The summed E-state index contributed by atoms with van der Waals surface area (Å²) in [7, 11) is 0. The van der Waals surface area contributed by atoms with Crippen LogP contribution in [0.3, 0.4) is 0 Å². The summed E-state index contributed by atoms with van der Waals surface area (Å²) in [5.74, 6) is 0.855. The van der Waals surface area contributed by atoms with Crippen molar-refractivity contribution in [1.29, 1.82) is 0 Å². The van der Waals surface area contributed by atoms with Crippen LogP contribution in [0.4, 0.5) is 4.39 Å². The van der Waals surface area contributed by atoms with Crippen LogP contribution in [-0.2, 0) is 0 Å².